The summed E-state index contributed by atoms with van der Waals surface area (Å²) >= 11 is 0. The molecule has 1 atom stereocenters. The van der Waals surface area contributed by atoms with Crippen molar-refractivity contribution >= 4 is 17.6 Å². The van der Waals surface area contributed by atoms with E-state index < -0.39 is 0 Å². The summed E-state index contributed by atoms with van der Waals surface area (Å²) in [7, 11) is 0. The van der Waals surface area contributed by atoms with Gasteiger partial charge in [0.1, 0.15) is 5.56 Å². The standard InChI is InChI=1S/C9H13N5O2/c1-4-7(8(10)14-13-4)9(16)12-5-2-6(15)11-3-5/h5H,2-3H2,1H3,(H,11,15)(H,12,16)(H3,10,13,14). The highest BCUT2D eigenvalue weighted by Crippen LogP contribution is 2.12. The number of rotatable bonds is 2. The van der Waals surface area contributed by atoms with Gasteiger partial charge in [0.05, 0.1) is 6.04 Å². The molecule has 2 amide bonds. The first-order valence-electron chi connectivity index (χ1n) is 4.96. The normalized spacial score (nSPS) is 19.6. The Labute approximate surface area is 91.8 Å². The van der Waals surface area contributed by atoms with Gasteiger partial charge in [-0.05, 0) is 6.92 Å². The van der Waals surface area contributed by atoms with Crippen LogP contribution in [0, 0.1) is 6.92 Å². The van der Waals surface area contributed by atoms with E-state index >= 15 is 0 Å². The van der Waals surface area contributed by atoms with E-state index in [2.05, 4.69) is 20.8 Å². The van der Waals surface area contributed by atoms with Gasteiger partial charge in [-0.1, -0.05) is 0 Å². The third kappa shape index (κ3) is 1.83. The van der Waals surface area contributed by atoms with Gasteiger partial charge >= 0.3 is 0 Å². The van der Waals surface area contributed by atoms with Crippen LogP contribution in [0.4, 0.5) is 5.82 Å². The number of aromatic amines is 1. The van der Waals surface area contributed by atoms with Gasteiger partial charge in [0, 0.05) is 18.7 Å². The number of nitrogens with two attached hydrogens (primary N) is 1. The molecule has 1 saturated heterocycles. The lowest BCUT2D eigenvalue weighted by atomic mass is 10.2. The van der Waals surface area contributed by atoms with Crippen molar-refractivity contribution in [1.29, 1.82) is 0 Å². The summed E-state index contributed by atoms with van der Waals surface area (Å²) in [5.74, 6) is -0.181. The van der Waals surface area contributed by atoms with Crippen molar-refractivity contribution in [1.82, 2.24) is 20.8 Å². The number of nitrogen functional groups attached to an aromatic ring is 1. The van der Waals surface area contributed by atoms with Gasteiger partial charge in [-0.3, -0.25) is 14.7 Å². The molecule has 1 aliphatic heterocycles. The van der Waals surface area contributed by atoms with E-state index in [1.54, 1.807) is 6.92 Å². The maximum atomic E-state index is 11.8. The van der Waals surface area contributed by atoms with Crippen LogP contribution < -0.4 is 16.4 Å². The molecule has 1 aliphatic rings. The molecule has 0 bridgehead atoms. The number of nitrogens with one attached hydrogen (secondary N) is 3. The Morgan fingerprint density at radius 3 is 2.88 bits per heavy atom. The highest BCUT2D eigenvalue weighted by Gasteiger charge is 2.25. The van der Waals surface area contributed by atoms with Crippen molar-refractivity contribution in [2.75, 3.05) is 12.3 Å². The summed E-state index contributed by atoms with van der Waals surface area (Å²) < 4.78 is 0. The number of carbonyl (C=O) groups is 2. The zero-order valence-corrected chi connectivity index (χ0v) is 8.83. The lowest BCUT2D eigenvalue weighted by Gasteiger charge is -2.09. The molecule has 7 heteroatoms. The molecule has 0 spiro atoms. The molecule has 2 rings (SSSR count). The van der Waals surface area contributed by atoms with Gasteiger partial charge in [0.25, 0.3) is 5.91 Å². The minimum absolute atomic E-state index is 0.0535. The monoisotopic (exact) mass is 223 g/mol. The average molecular weight is 223 g/mol. The lowest BCUT2D eigenvalue weighted by molar-refractivity contribution is -0.119. The number of carbonyl (C=O) groups excluding carboxylic acids is 2. The fourth-order valence-electron chi connectivity index (χ4n) is 1.70. The molecule has 1 unspecified atom stereocenters. The average Bonchev–Trinajstić information content (AvgIpc) is 2.74. The fraction of sp³-hybridized carbons (Fsp3) is 0.444. The molecular weight excluding hydrogens is 210 g/mol. The molecule has 1 fully saturated rings. The van der Waals surface area contributed by atoms with Crippen LogP contribution in [-0.4, -0.2) is 34.6 Å². The number of amides is 2. The van der Waals surface area contributed by atoms with Crippen LogP contribution >= 0.6 is 0 Å². The summed E-state index contributed by atoms with van der Waals surface area (Å²) in [6.45, 7) is 2.18. The van der Waals surface area contributed by atoms with Gasteiger partial charge in [0.15, 0.2) is 5.82 Å². The maximum Gasteiger partial charge on any atom is 0.257 e. The van der Waals surface area contributed by atoms with E-state index in [4.69, 9.17) is 5.73 Å². The van der Waals surface area contributed by atoms with Gasteiger partial charge in [-0.2, -0.15) is 5.10 Å². The SMILES string of the molecule is Cc1[nH]nc(N)c1C(=O)NC1CNC(=O)C1. The van der Waals surface area contributed by atoms with Crippen molar-refractivity contribution in [2.45, 2.75) is 19.4 Å². The topological polar surface area (TPSA) is 113 Å². The molecule has 0 aromatic carbocycles. The molecular formula is C9H13N5O2. The number of aryl methyl sites for hydroxylation is 1. The summed E-state index contributed by atoms with van der Waals surface area (Å²) in [6.07, 6.45) is 0.308. The first kappa shape index (κ1) is 10.5. The molecule has 7 nitrogen and oxygen atoms in total. The first-order chi connectivity index (χ1) is 7.58. The summed E-state index contributed by atoms with van der Waals surface area (Å²) in [4.78, 5) is 22.8. The Morgan fingerprint density at radius 1 is 1.62 bits per heavy atom. The molecule has 16 heavy (non-hydrogen) atoms. The molecule has 0 saturated carbocycles. The zero-order chi connectivity index (χ0) is 11.7. The second-order valence-electron chi connectivity index (χ2n) is 3.79. The largest absolute Gasteiger partial charge is 0.382 e. The molecule has 2 heterocycles. The van der Waals surface area contributed by atoms with Crippen LogP contribution in [0.3, 0.4) is 0 Å². The second-order valence-corrected chi connectivity index (χ2v) is 3.79. The number of anilines is 1. The highest BCUT2D eigenvalue weighted by atomic mass is 16.2. The van der Waals surface area contributed by atoms with E-state index in [-0.39, 0.29) is 23.7 Å². The number of H-pyrrole nitrogens is 1. The van der Waals surface area contributed by atoms with Crippen molar-refractivity contribution in [3.63, 3.8) is 0 Å². The first-order valence-corrected chi connectivity index (χ1v) is 4.96. The van der Waals surface area contributed by atoms with Crippen LogP contribution in [-0.2, 0) is 4.79 Å². The smallest absolute Gasteiger partial charge is 0.257 e. The fourth-order valence-corrected chi connectivity index (χ4v) is 1.70. The second kappa shape index (κ2) is 3.84. The lowest BCUT2D eigenvalue weighted by Crippen LogP contribution is -2.36. The van der Waals surface area contributed by atoms with Gasteiger partial charge in [-0.15, -0.1) is 0 Å². The molecule has 1 aromatic heterocycles. The van der Waals surface area contributed by atoms with Crippen LogP contribution in [0.2, 0.25) is 0 Å². The molecule has 86 valence electrons. The quantitative estimate of drug-likeness (QED) is 0.510. The van der Waals surface area contributed by atoms with Crippen LogP contribution in [0.15, 0.2) is 0 Å². The van der Waals surface area contributed by atoms with Crippen molar-refractivity contribution in [2.24, 2.45) is 0 Å². The Bertz CT molecular complexity index is 420. The molecule has 5 N–H and O–H groups in total. The Morgan fingerprint density at radius 2 is 2.38 bits per heavy atom. The number of aromatic nitrogens is 2. The van der Waals surface area contributed by atoms with E-state index in [9.17, 15) is 9.59 Å². The van der Waals surface area contributed by atoms with E-state index in [0.717, 1.165) is 0 Å². The van der Waals surface area contributed by atoms with Gasteiger partial charge in [-0.25, -0.2) is 0 Å². The predicted octanol–water partition coefficient (Wildman–Crippen LogP) is -1.08. The number of hydrogen-bond acceptors (Lipinski definition) is 4. The minimum Gasteiger partial charge on any atom is -0.382 e. The van der Waals surface area contributed by atoms with Crippen LogP contribution in [0.25, 0.3) is 0 Å². The van der Waals surface area contributed by atoms with Crippen molar-refractivity contribution < 1.29 is 9.59 Å². The molecule has 0 aliphatic carbocycles. The Balaban J connectivity index is 2.06. The third-order valence-electron chi connectivity index (χ3n) is 2.51. The van der Waals surface area contributed by atoms with Crippen LogP contribution in [0.1, 0.15) is 22.5 Å². The van der Waals surface area contributed by atoms with Crippen molar-refractivity contribution in [3.8, 4) is 0 Å². The van der Waals surface area contributed by atoms with Crippen molar-refractivity contribution in [3.05, 3.63) is 11.3 Å². The predicted molar refractivity (Wildman–Crippen MR) is 56.6 cm³/mol. The van der Waals surface area contributed by atoms with E-state index in [1.807, 2.05) is 0 Å². The Kier molecular flexibility index (Phi) is 2.51. The number of hydrogen-bond donors (Lipinski definition) is 4. The van der Waals surface area contributed by atoms with E-state index in [1.165, 1.54) is 0 Å². The Hall–Kier alpha value is -2.05. The maximum absolute atomic E-state index is 11.8. The summed E-state index contributed by atoms with van der Waals surface area (Å²) in [6, 6.07) is -0.173. The zero-order valence-electron chi connectivity index (χ0n) is 8.83. The third-order valence-corrected chi connectivity index (χ3v) is 2.51. The number of nitrogens with zero attached hydrogens (tertiary/aromatic N) is 1. The van der Waals surface area contributed by atoms with Gasteiger partial charge < -0.3 is 16.4 Å². The highest BCUT2D eigenvalue weighted by molar-refractivity contribution is 6.00. The van der Waals surface area contributed by atoms with Crippen LogP contribution in [0.5, 0.6) is 0 Å². The summed E-state index contributed by atoms with van der Waals surface area (Å²) in [5, 5.41) is 11.7. The molecule has 0 radical (unpaired) electrons. The van der Waals surface area contributed by atoms with E-state index in [0.29, 0.717) is 24.2 Å². The molecule has 1 aromatic rings. The van der Waals surface area contributed by atoms with Gasteiger partial charge in [0.2, 0.25) is 5.91 Å². The summed E-state index contributed by atoms with van der Waals surface area (Å²) in [5.41, 5.74) is 6.52. The minimum atomic E-state index is -0.301.